The molecule has 0 bridgehead atoms. The molecule has 0 heterocycles. The van der Waals surface area contributed by atoms with Crippen LogP contribution in [0.1, 0.15) is 32.3 Å². The van der Waals surface area contributed by atoms with E-state index in [-0.39, 0.29) is 35.4 Å². The summed E-state index contributed by atoms with van der Waals surface area (Å²) < 4.78 is 31.9. The molecule has 0 atom stereocenters. The Hall–Kier alpha value is -0.910. The lowest BCUT2D eigenvalue weighted by molar-refractivity contribution is 0.204. The van der Waals surface area contributed by atoms with Crippen LogP contribution >= 0.6 is 24.0 Å². The van der Waals surface area contributed by atoms with Crippen LogP contribution in [-0.4, -0.2) is 48.2 Å². The van der Waals surface area contributed by atoms with Crippen LogP contribution in [0.5, 0.6) is 0 Å². The average Bonchev–Trinajstić information content (AvgIpc) is 2.61. The third kappa shape index (κ3) is 10.9. The summed E-state index contributed by atoms with van der Waals surface area (Å²) in [5, 5.41) is 6.48. The summed E-state index contributed by atoms with van der Waals surface area (Å²) in [6, 6.07) is 6.86. The van der Waals surface area contributed by atoms with Gasteiger partial charge >= 0.3 is 0 Å². The number of aliphatic imine (C=N–C) groups is 1. The molecule has 0 fully saturated rings. The molecule has 0 aromatic heterocycles. The van der Waals surface area contributed by atoms with Crippen molar-refractivity contribution in [3.05, 3.63) is 29.8 Å². The van der Waals surface area contributed by atoms with Gasteiger partial charge in [0.15, 0.2) is 5.96 Å². The highest BCUT2D eigenvalue weighted by molar-refractivity contribution is 14.0. The number of hydrogen-bond acceptors (Lipinski definition) is 4. The predicted octanol–water partition coefficient (Wildman–Crippen LogP) is 2.33. The van der Waals surface area contributed by atoms with Crippen molar-refractivity contribution in [2.24, 2.45) is 10.9 Å². The van der Waals surface area contributed by atoms with Gasteiger partial charge in [-0.05, 0) is 36.5 Å². The molecule has 156 valence electrons. The molecule has 0 saturated heterocycles. The number of nitrogens with zero attached hydrogens (tertiary/aromatic N) is 1. The summed E-state index contributed by atoms with van der Waals surface area (Å²) in [4.78, 5) is 4.43. The third-order valence-electron chi connectivity index (χ3n) is 3.74. The van der Waals surface area contributed by atoms with E-state index in [4.69, 9.17) is 4.74 Å². The number of hydrogen-bond donors (Lipinski definition) is 3. The lowest BCUT2D eigenvalue weighted by Crippen LogP contribution is -2.37. The number of nitrogens with one attached hydrogen (secondary N) is 3. The van der Waals surface area contributed by atoms with Crippen molar-refractivity contribution in [1.82, 2.24) is 15.4 Å². The number of methoxy groups -OCH3 is 1. The highest BCUT2D eigenvalue weighted by atomic mass is 127. The van der Waals surface area contributed by atoms with E-state index >= 15 is 0 Å². The summed E-state index contributed by atoms with van der Waals surface area (Å²) in [5.41, 5.74) is 0.866. The fraction of sp³-hybridized carbons (Fsp3) is 0.611. The van der Waals surface area contributed by atoms with E-state index in [0.29, 0.717) is 25.0 Å². The summed E-state index contributed by atoms with van der Waals surface area (Å²) in [5.74, 6) is 1.40. The van der Waals surface area contributed by atoms with E-state index in [9.17, 15) is 8.42 Å². The number of benzene rings is 1. The molecule has 9 heteroatoms. The molecule has 1 aromatic rings. The van der Waals surface area contributed by atoms with Crippen molar-refractivity contribution < 1.29 is 13.2 Å². The van der Waals surface area contributed by atoms with Gasteiger partial charge in [-0.1, -0.05) is 26.0 Å². The number of sulfonamides is 1. The minimum Gasteiger partial charge on any atom is -0.383 e. The van der Waals surface area contributed by atoms with E-state index < -0.39 is 10.0 Å². The van der Waals surface area contributed by atoms with Crippen LogP contribution in [-0.2, 0) is 21.3 Å². The van der Waals surface area contributed by atoms with Crippen LogP contribution in [0.2, 0.25) is 0 Å². The van der Waals surface area contributed by atoms with Gasteiger partial charge in [0, 0.05) is 33.8 Å². The summed E-state index contributed by atoms with van der Waals surface area (Å²) >= 11 is 0. The van der Waals surface area contributed by atoms with Gasteiger partial charge in [-0.25, -0.2) is 13.1 Å². The normalized spacial score (nSPS) is 12.0. The highest BCUT2D eigenvalue weighted by Crippen LogP contribution is 2.11. The molecule has 0 amide bonds. The summed E-state index contributed by atoms with van der Waals surface area (Å²) in [6.07, 6.45) is 2.25. The molecule has 3 N–H and O–H groups in total. The van der Waals surface area contributed by atoms with Crippen LogP contribution < -0.4 is 15.4 Å². The molecule has 0 aliphatic carbocycles. The lowest BCUT2D eigenvalue weighted by Gasteiger charge is -2.13. The van der Waals surface area contributed by atoms with E-state index in [1.807, 2.05) is 6.07 Å². The van der Waals surface area contributed by atoms with E-state index in [2.05, 4.69) is 34.2 Å². The molecule has 7 nitrogen and oxygen atoms in total. The Balaban J connectivity index is 0.00000676. The van der Waals surface area contributed by atoms with Gasteiger partial charge in [0.1, 0.15) is 0 Å². The van der Waals surface area contributed by atoms with Crippen molar-refractivity contribution >= 4 is 40.0 Å². The zero-order chi connectivity index (χ0) is 19.4. The molecule has 0 saturated carbocycles. The SMILES string of the molecule is CN=C(NCCCC(C)C)NCc1cccc(S(=O)(=O)NCCOC)c1.I. The molecule has 0 aliphatic heterocycles. The first-order valence-corrected chi connectivity index (χ1v) is 10.4. The number of guanidine groups is 1. The van der Waals surface area contributed by atoms with Crippen LogP contribution in [0.25, 0.3) is 0 Å². The molecule has 0 aliphatic rings. The van der Waals surface area contributed by atoms with Gasteiger partial charge in [-0.3, -0.25) is 4.99 Å². The maximum atomic E-state index is 12.3. The molecule has 0 radical (unpaired) electrons. The lowest BCUT2D eigenvalue weighted by atomic mass is 10.1. The predicted molar refractivity (Wildman–Crippen MR) is 121 cm³/mol. The summed E-state index contributed by atoms with van der Waals surface area (Å²) in [7, 11) is -0.276. The monoisotopic (exact) mass is 512 g/mol. The Bertz CT molecular complexity index is 666. The largest absolute Gasteiger partial charge is 0.383 e. The smallest absolute Gasteiger partial charge is 0.240 e. The first-order chi connectivity index (χ1) is 12.4. The van der Waals surface area contributed by atoms with Gasteiger partial charge in [0.05, 0.1) is 11.5 Å². The quantitative estimate of drug-likeness (QED) is 0.183. The first kappa shape index (κ1) is 26.1. The number of halogens is 1. The fourth-order valence-corrected chi connectivity index (χ4v) is 3.39. The molecule has 0 unspecified atom stereocenters. The third-order valence-corrected chi connectivity index (χ3v) is 5.20. The average molecular weight is 512 g/mol. The zero-order valence-electron chi connectivity index (χ0n) is 16.6. The highest BCUT2D eigenvalue weighted by Gasteiger charge is 2.13. The number of rotatable bonds is 11. The minimum absolute atomic E-state index is 0. The van der Waals surface area contributed by atoms with Crippen molar-refractivity contribution in [3.63, 3.8) is 0 Å². The second kappa shape index (κ2) is 14.1. The van der Waals surface area contributed by atoms with Crippen LogP contribution in [0.15, 0.2) is 34.2 Å². The van der Waals surface area contributed by atoms with Gasteiger partial charge in [-0.15, -0.1) is 24.0 Å². The number of ether oxygens (including phenoxy) is 1. The first-order valence-electron chi connectivity index (χ1n) is 8.91. The maximum absolute atomic E-state index is 12.3. The van der Waals surface area contributed by atoms with Gasteiger partial charge < -0.3 is 15.4 Å². The van der Waals surface area contributed by atoms with E-state index in [1.54, 1.807) is 25.2 Å². The second-order valence-corrected chi connectivity index (χ2v) is 8.19. The maximum Gasteiger partial charge on any atom is 0.240 e. The van der Waals surface area contributed by atoms with E-state index in [1.165, 1.54) is 13.5 Å². The summed E-state index contributed by atoms with van der Waals surface area (Å²) in [6.45, 7) is 6.34. The van der Waals surface area contributed by atoms with Gasteiger partial charge in [0.25, 0.3) is 0 Å². The van der Waals surface area contributed by atoms with Gasteiger partial charge in [-0.2, -0.15) is 0 Å². The topological polar surface area (TPSA) is 91.8 Å². The molecule has 1 rings (SSSR count). The Labute approximate surface area is 180 Å². The van der Waals surface area contributed by atoms with Crippen molar-refractivity contribution in [2.45, 2.75) is 38.1 Å². The van der Waals surface area contributed by atoms with Crippen molar-refractivity contribution in [2.75, 3.05) is 33.9 Å². The standard InChI is InChI=1S/C18H32N4O3S.HI/c1-15(2)7-6-10-20-18(19-3)21-14-16-8-5-9-17(13-16)26(23,24)22-11-12-25-4;/h5,8-9,13,15,22H,6-7,10-12,14H2,1-4H3,(H2,19,20,21);1H. The molecule has 27 heavy (non-hydrogen) atoms. The van der Waals surface area contributed by atoms with Crippen molar-refractivity contribution in [1.29, 1.82) is 0 Å². The van der Waals surface area contributed by atoms with Crippen LogP contribution in [0.3, 0.4) is 0 Å². The van der Waals surface area contributed by atoms with Crippen molar-refractivity contribution in [3.8, 4) is 0 Å². The van der Waals surface area contributed by atoms with Crippen LogP contribution in [0.4, 0.5) is 0 Å². The Morgan fingerprint density at radius 3 is 2.59 bits per heavy atom. The molecule has 1 aromatic carbocycles. The minimum atomic E-state index is -3.53. The Morgan fingerprint density at radius 1 is 1.22 bits per heavy atom. The van der Waals surface area contributed by atoms with E-state index in [0.717, 1.165) is 18.5 Å². The van der Waals surface area contributed by atoms with Crippen LogP contribution in [0, 0.1) is 5.92 Å². The second-order valence-electron chi connectivity index (χ2n) is 6.43. The Morgan fingerprint density at radius 2 is 1.96 bits per heavy atom. The molecular formula is C18H33IN4O3S. The zero-order valence-corrected chi connectivity index (χ0v) is 19.8. The molecular weight excluding hydrogens is 479 g/mol. The molecule has 0 spiro atoms. The van der Waals surface area contributed by atoms with Gasteiger partial charge in [0.2, 0.25) is 10.0 Å². The Kier molecular flexibility index (Phi) is 13.7. The fourth-order valence-electron chi connectivity index (χ4n) is 2.31.